The molecule has 0 heterocycles. The van der Waals surface area contributed by atoms with Crippen LogP contribution in [0.25, 0.3) is 0 Å². The molecule has 0 aromatic carbocycles. The second-order valence-electron chi connectivity index (χ2n) is 3.20. The fourth-order valence-electron chi connectivity index (χ4n) is 1.10. The average molecular weight is 189 g/mol. The highest BCUT2D eigenvalue weighted by Gasteiger charge is 2.19. The molecule has 0 radical (unpaired) electrons. The monoisotopic (exact) mass is 189 g/mol. The van der Waals surface area contributed by atoms with Crippen LogP contribution in [0.15, 0.2) is 0 Å². The molecular formula is C9H19NO3. The number of hydrogen-bond acceptors (Lipinski definition) is 3. The molecular weight excluding hydrogens is 170 g/mol. The third-order valence-corrected chi connectivity index (χ3v) is 2.09. The predicted octanol–water partition coefficient (Wildman–Crippen LogP) is 1.07. The highest BCUT2D eigenvalue weighted by Crippen LogP contribution is 2.10. The molecule has 1 amide bonds. The molecule has 0 bridgehead atoms. The van der Waals surface area contributed by atoms with Gasteiger partial charge in [0.2, 0.25) is 5.91 Å². The Balaban J connectivity index is 3.95. The number of ether oxygens (including phenoxy) is 1. The maximum atomic E-state index is 11.5. The van der Waals surface area contributed by atoms with E-state index in [1.54, 1.807) is 14.2 Å². The van der Waals surface area contributed by atoms with Crippen molar-refractivity contribution in [3.63, 3.8) is 0 Å². The number of hydrogen-bond donors (Lipinski definition) is 0. The van der Waals surface area contributed by atoms with E-state index in [4.69, 9.17) is 9.57 Å². The van der Waals surface area contributed by atoms with E-state index in [2.05, 4.69) is 0 Å². The first kappa shape index (κ1) is 12.4. The zero-order valence-electron chi connectivity index (χ0n) is 9.03. The van der Waals surface area contributed by atoms with E-state index >= 15 is 0 Å². The van der Waals surface area contributed by atoms with Crippen LogP contribution in [0, 0.1) is 5.92 Å². The van der Waals surface area contributed by atoms with Gasteiger partial charge in [-0.3, -0.25) is 9.63 Å². The van der Waals surface area contributed by atoms with Crippen molar-refractivity contribution in [1.29, 1.82) is 0 Å². The summed E-state index contributed by atoms with van der Waals surface area (Å²) in [5, 5.41) is 1.24. The summed E-state index contributed by atoms with van der Waals surface area (Å²) in [6.07, 6.45) is 0.812. The van der Waals surface area contributed by atoms with Gasteiger partial charge in [-0.1, -0.05) is 6.92 Å². The van der Waals surface area contributed by atoms with Gasteiger partial charge in [-0.25, -0.2) is 5.06 Å². The minimum Gasteiger partial charge on any atom is -0.382 e. The summed E-state index contributed by atoms with van der Waals surface area (Å²) in [7, 11) is 4.72. The Hall–Kier alpha value is -0.610. The molecule has 2 atom stereocenters. The fourth-order valence-corrected chi connectivity index (χ4v) is 1.10. The molecule has 0 saturated heterocycles. The van der Waals surface area contributed by atoms with Crippen LogP contribution in [0.2, 0.25) is 0 Å². The SMILES string of the molecule is CO[C@@H](C)C[C@H](C)C(=O)N(C)OC. The van der Waals surface area contributed by atoms with Crippen LogP contribution < -0.4 is 0 Å². The molecule has 4 nitrogen and oxygen atoms in total. The Labute approximate surface area is 79.8 Å². The van der Waals surface area contributed by atoms with Crippen LogP contribution in [0.1, 0.15) is 20.3 Å². The zero-order valence-corrected chi connectivity index (χ0v) is 9.03. The van der Waals surface area contributed by atoms with E-state index in [0.717, 1.165) is 0 Å². The van der Waals surface area contributed by atoms with Gasteiger partial charge in [0.25, 0.3) is 0 Å². The molecule has 0 aliphatic carbocycles. The highest BCUT2D eigenvalue weighted by atomic mass is 16.7. The van der Waals surface area contributed by atoms with Gasteiger partial charge < -0.3 is 4.74 Å². The molecule has 0 fully saturated rings. The largest absolute Gasteiger partial charge is 0.382 e. The summed E-state index contributed by atoms with van der Waals surface area (Å²) in [5.41, 5.74) is 0. The molecule has 0 unspecified atom stereocenters. The van der Waals surface area contributed by atoms with E-state index in [1.165, 1.54) is 12.2 Å². The Morgan fingerprint density at radius 3 is 2.31 bits per heavy atom. The topological polar surface area (TPSA) is 38.8 Å². The van der Waals surface area contributed by atoms with Gasteiger partial charge in [0.1, 0.15) is 0 Å². The van der Waals surface area contributed by atoms with Crippen LogP contribution >= 0.6 is 0 Å². The molecule has 0 aliphatic heterocycles. The van der Waals surface area contributed by atoms with Crippen molar-refractivity contribution in [2.75, 3.05) is 21.3 Å². The molecule has 0 saturated carbocycles. The zero-order chi connectivity index (χ0) is 10.4. The Morgan fingerprint density at radius 1 is 1.38 bits per heavy atom. The van der Waals surface area contributed by atoms with E-state index < -0.39 is 0 Å². The third kappa shape index (κ3) is 4.24. The summed E-state index contributed by atoms with van der Waals surface area (Å²) in [6.45, 7) is 3.81. The first-order chi connectivity index (χ1) is 6.02. The van der Waals surface area contributed by atoms with E-state index in [-0.39, 0.29) is 17.9 Å². The number of amides is 1. The van der Waals surface area contributed by atoms with Gasteiger partial charge in [0.15, 0.2) is 0 Å². The standard InChI is InChI=1S/C9H19NO3/c1-7(6-8(2)12-4)9(11)10(3)13-5/h7-8H,6H2,1-5H3/t7-,8-/m0/s1. The van der Waals surface area contributed by atoms with Gasteiger partial charge in [-0.15, -0.1) is 0 Å². The molecule has 0 aromatic heterocycles. The van der Waals surface area contributed by atoms with Crippen molar-refractivity contribution < 1.29 is 14.4 Å². The molecule has 4 heteroatoms. The van der Waals surface area contributed by atoms with Gasteiger partial charge >= 0.3 is 0 Å². The van der Waals surface area contributed by atoms with Crippen molar-refractivity contribution in [2.24, 2.45) is 5.92 Å². The maximum Gasteiger partial charge on any atom is 0.248 e. The average Bonchev–Trinajstić information content (AvgIpc) is 2.14. The summed E-state index contributed by atoms with van der Waals surface area (Å²) >= 11 is 0. The maximum absolute atomic E-state index is 11.5. The normalized spacial score (nSPS) is 15.2. The van der Waals surface area contributed by atoms with E-state index in [9.17, 15) is 4.79 Å². The molecule has 0 rings (SSSR count). The van der Waals surface area contributed by atoms with Crippen LogP contribution in [-0.4, -0.2) is 38.3 Å². The Bertz CT molecular complexity index is 161. The lowest BCUT2D eigenvalue weighted by Gasteiger charge is -2.20. The summed E-state index contributed by atoms with van der Waals surface area (Å²) < 4.78 is 5.07. The number of nitrogens with zero attached hydrogens (tertiary/aromatic N) is 1. The summed E-state index contributed by atoms with van der Waals surface area (Å²) in [6, 6.07) is 0. The lowest BCUT2D eigenvalue weighted by Crippen LogP contribution is -2.32. The summed E-state index contributed by atoms with van der Waals surface area (Å²) in [4.78, 5) is 16.3. The van der Waals surface area contributed by atoms with Crippen molar-refractivity contribution in [1.82, 2.24) is 5.06 Å². The smallest absolute Gasteiger partial charge is 0.248 e. The van der Waals surface area contributed by atoms with Crippen molar-refractivity contribution >= 4 is 5.91 Å². The van der Waals surface area contributed by atoms with Gasteiger partial charge in [0, 0.05) is 20.1 Å². The lowest BCUT2D eigenvalue weighted by molar-refractivity contribution is -0.173. The van der Waals surface area contributed by atoms with Crippen LogP contribution in [-0.2, 0) is 14.4 Å². The lowest BCUT2D eigenvalue weighted by atomic mass is 10.0. The first-order valence-corrected chi connectivity index (χ1v) is 4.37. The molecule has 0 spiro atoms. The highest BCUT2D eigenvalue weighted by molar-refractivity contribution is 5.77. The van der Waals surface area contributed by atoms with Gasteiger partial charge in [-0.05, 0) is 13.3 Å². The van der Waals surface area contributed by atoms with Crippen molar-refractivity contribution in [3.05, 3.63) is 0 Å². The van der Waals surface area contributed by atoms with Crippen LogP contribution in [0.3, 0.4) is 0 Å². The van der Waals surface area contributed by atoms with Gasteiger partial charge in [-0.2, -0.15) is 0 Å². The quantitative estimate of drug-likeness (QED) is 0.607. The van der Waals surface area contributed by atoms with E-state index in [0.29, 0.717) is 6.42 Å². The predicted molar refractivity (Wildman–Crippen MR) is 50.0 cm³/mol. The molecule has 78 valence electrons. The minimum atomic E-state index is -0.0695. The second kappa shape index (κ2) is 5.94. The Morgan fingerprint density at radius 2 is 1.92 bits per heavy atom. The number of rotatable bonds is 5. The summed E-state index contributed by atoms with van der Waals surface area (Å²) in [5.74, 6) is -0.0914. The molecule has 13 heavy (non-hydrogen) atoms. The third-order valence-electron chi connectivity index (χ3n) is 2.09. The number of methoxy groups -OCH3 is 1. The number of carbonyl (C=O) groups excluding carboxylic acids is 1. The van der Waals surface area contributed by atoms with Gasteiger partial charge in [0.05, 0.1) is 13.2 Å². The second-order valence-corrected chi connectivity index (χ2v) is 3.20. The van der Waals surface area contributed by atoms with Crippen LogP contribution in [0.4, 0.5) is 0 Å². The van der Waals surface area contributed by atoms with E-state index in [1.807, 2.05) is 13.8 Å². The molecule has 0 aliphatic rings. The number of hydroxylamine groups is 2. The first-order valence-electron chi connectivity index (χ1n) is 4.37. The van der Waals surface area contributed by atoms with Crippen molar-refractivity contribution in [3.8, 4) is 0 Å². The number of carbonyl (C=O) groups is 1. The fraction of sp³-hybridized carbons (Fsp3) is 0.889. The van der Waals surface area contributed by atoms with Crippen molar-refractivity contribution in [2.45, 2.75) is 26.4 Å². The Kier molecular flexibility index (Phi) is 5.66. The molecule has 0 N–H and O–H groups in total. The van der Waals surface area contributed by atoms with Crippen LogP contribution in [0.5, 0.6) is 0 Å². The minimum absolute atomic E-state index is 0.0219. The molecule has 0 aromatic rings.